The molecule has 0 bridgehead atoms. The Morgan fingerprint density at radius 3 is 2.92 bits per heavy atom. The van der Waals surface area contributed by atoms with Crippen molar-refractivity contribution in [1.29, 1.82) is 0 Å². The van der Waals surface area contributed by atoms with Crippen LogP contribution in [0.5, 0.6) is 0 Å². The third-order valence-corrected chi connectivity index (χ3v) is 3.74. The van der Waals surface area contributed by atoms with Gasteiger partial charge in [0.15, 0.2) is 0 Å². The van der Waals surface area contributed by atoms with E-state index in [2.05, 4.69) is 39.0 Å². The molecule has 0 radical (unpaired) electrons. The van der Waals surface area contributed by atoms with Crippen LogP contribution in [-0.2, 0) is 6.42 Å². The zero-order valence-corrected chi connectivity index (χ0v) is 9.05. The third kappa shape index (κ3) is 1.19. The number of hydrogen-bond donors (Lipinski definition) is 0. The van der Waals surface area contributed by atoms with Crippen molar-refractivity contribution >= 4 is 21.6 Å². The SMILES string of the molecule is Brc1cccc2c1CCN2C1CC1. The van der Waals surface area contributed by atoms with Crippen molar-refractivity contribution < 1.29 is 0 Å². The number of benzene rings is 1. The maximum Gasteiger partial charge on any atom is 0.0413 e. The quantitative estimate of drug-likeness (QED) is 0.727. The molecule has 1 nitrogen and oxygen atoms in total. The summed E-state index contributed by atoms with van der Waals surface area (Å²) in [6.07, 6.45) is 4.01. The lowest BCUT2D eigenvalue weighted by molar-refractivity contribution is 0.830. The normalized spacial score (nSPS) is 20.5. The molecule has 3 rings (SSSR count). The van der Waals surface area contributed by atoms with Gasteiger partial charge in [0.25, 0.3) is 0 Å². The molecule has 0 spiro atoms. The van der Waals surface area contributed by atoms with E-state index in [1.807, 2.05) is 0 Å². The minimum Gasteiger partial charge on any atom is -0.368 e. The molecule has 0 amide bonds. The van der Waals surface area contributed by atoms with Crippen molar-refractivity contribution in [3.05, 3.63) is 28.2 Å². The van der Waals surface area contributed by atoms with Crippen molar-refractivity contribution in [1.82, 2.24) is 0 Å². The zero-order valence-electron chi connectivity index (χ0n) is 7.46. The number of fused-ring (bicyclic) bond motifs is 1. The van der Waals surface area contributed by atoms with Gasteiger partial charge in [-0.05, 0) is 37.0 Å². The first kappa shape index (κ1) is 7.86. The fourth-order valence-electron chi connectivity index (χ4n) is 2.18. The molecule has 2 aliphatic rings. The van der Waals surface area contributed by atoms with Crippen LogP contribution in [0.4, 0.5) is 5.69 Å². The number of halogens is 1. The molecule has 1 fully saturated rings. The van der Waals surface area contributed by atoms with Crippen molar-refractivity contribution in [3.8, 4) is 0 Å². The van der Waals surface area contributed by atoms with E-state index in [1.54, 1.807) is 0 Å². The van der Waals surface area contributed by atoms with Gasteiger partial charge in [0.2, 0.25) is 0 Å². The molecule has 2 heteroatoms. The zero-order chi connectivity index (χ0) is 8.84. The highest BCUT2D eigenvalue weighted by atomic mass is 79.9. The van der Waals surface area contributed by atoms with Gasteiger partial charge in [-0.15, -0.1) is 0 Å². The molecule has 1 aromatic carbocycles. The summed E-state index contributed by atoms with van der Waals surface area (Å²) in [5, 5.41) is 0. The molecule has 1 saturated carbocycles. The van der Waals surface area contributed by atoms with E-state index in [0.29, 0.717) is 0 Å². The summed E-state index contributed by atoms with van der Waals surface area (Å²) in [5.41, 5.74) is 2.98. The number of rotatable bonds is 1. The molecule has 0 unspecified atom stereocenters. The lowest BCUT2D eigenvalue weighted by Crippen LogP contribution is -2.22. The summed E-state index contributed by atoms with van der Waals surface area (Å²) < 4.78 is 1.29. The maximum atomic E-state index is 3.62. The van der Waals surface area contributed by atoms with Crippen LogP contribution in [0.2, 0.25) is 0 Å². The highest BCUT2D eigenvalue weighted by Gasteiger charge is 2.33. The molecule has 68 valence electrons. The first-order valence-electron chi connectivity index (χ1n) is 4.90. The molecule has 1 aromatic rings. The number of hydrogen-bond acceptors (Lipinski definition) is 1. The van der Waals surface area contributed by atoms with E-state index in [0.717, 1.165) is 6.04 Å². The molecule has 0 atom stereocenters. The average Bonchev–Trinajstić information content (AvgIpc) is 2.87. The van der Waals surface area contributed by atoms with Crippen LogP contribution in [-0.4, -0.2) is 12.6 Å². The van der Waals surface area contributed by atoms with E-state index in [4.69, 9.17) is 0 Å². The third-order valence-electron chi connectivity index (χ3n) is 2.99. The van der Waals surface area contributed by atoms with Crippen molar-refractivity contribution in [2.24, 2.45) is 0 Å². The summed E-state index contributed by atoms with van der Waals surface area (Å²) in [6.45, 7) is 1.22. The first-order chi connectivity index (χ1) is 6.36. The molecule has 1 aliphatic carbocycles. The van der Waals surface area contributed by atoms with Gasteiger partial charge in [0.05, 0.1) is 0 Å². The Kier molecular flexibility index (Phi) is 1.66. The first-order valence-corrected chi connectivity index (χ1v) is 5.69. The second-order valence-electron chi connectivity index (χ2n) is 3.91. The Morgan fingerprint density at radius 1 is 1.31 bits per heavy atom. The average molecular weight is 238 g/mol. The predicted octanol–water partition coefficient (Wildman–Crippen LogP) is 2.97. The standard InChI is InChI=1S/C11H12BrN/c12-10-2-1-3-11-9(10)6-7-13(11)8-4-5-8/h1-3,8H,4-7H2. The van der Waals surface area contributed by atoms with Crippen LogP contribution in [0.1, 0.15) is 18.4 Å². The Hall–Kier alpha value is -0.500. The van der Waals surface area contributed by atoms with Crippen molar-refractivity contribution in [2.75, 3.05) is 11.4 Å². The number of anilines is 1. The predicted molar refractivity (Wildman–Crippen MR) is 58.2 cm³/mol. The maximum absolute atomic E-state index is 3.62. The van der Waals surface area contributed by atoms with Gasteiger partial charge >= 0.3 is 0 Å². The lowest BCUT2D eigenvalue weighted by Gasteiger charge is -2.18. The van der Waals surface area contributed by atoms with Gasteiger partial charge in [-0.1, -0.05) is 22.0 Å². The minimum absolute atomic E-state index is 0.857. The fraction of sp³-hybridized carbons (Fsp3) is 0.455. The topological polar surface area (TPSA) is 3.24 Å². The molecule has 13 heavy (non-hydrogen) atoms. The summed E-state index contributed by atoms with van der Waals surface area (Å²) in [5.74, 6) is 0. The number of nitrogens with zero attached hydrogens (tertiary/aromatic N) is 1. The van der Waals surface area contributed by atoms with Crippen molar-refractivity contribution in [3.63, 3.8) is 0 Å². The summed E-state index contributed by atoms with van der Waals surface area (Å²) in [4.78, 5) is 2.57. The van der Waals surface area contributed by atoms with Gasteiger partial charge in [-0.3, -0.25) is 0 Å². The summed E-state index contributed by atoms with van der Waals surface area (Å²) in [7, 11) is 0. The van der Waals surface area contributed by atoms with E-state index in [1.165, 1.54) is 41.5 Å². The minimum atomic E-state index is 0.857. The molecular formula is C11H12BrN. The van der Waals surface area contributed by atoms with Crippen LogP contribution >= 0.6 is 15.9 Å². The van der Waals surface area contributed by atoms with Gasteiger partial charge in [0.1, 0.15) is 0 Å². The molecule has 0 aromatic heterocycles. The monoisotopic (exact) mass is 237 g/mol. The van der Waals surface area contributed by atoms with Crippen molar-refractivity contribution in [2.45, 2.75) is 25.3 Å². The Morgan fingerprint density at radius 2 is 2.15 bits per heavy atom. The van der Waals surface area contributed by atoms with Gasteiger partial charge in [-0.25, -0.2) is 0 Å². The van der Waals surface area contributed by atoms with Crippen LogP contribution in [0, 0.1) is 0 Å². The van der Waals surface area contributed by atoms with Crippen LogP contribution < -0.4 is 4.90 Å². The Labute approximate surface area is 86.9 Å². The molecular weight excluding hydrogens is 226 g/mol. The summed E-state index contributed by atoms with van der Waals surface area (Å²) >= 11 is 3.62. The van der Waals surface area contributed by atoms with Crippen LogP contribution in [0.3, 0.4) is 0 Å². The molecule has 0 saturated heterocycles. The second kappa shape index (κ2) is 2.74. The van der Waals surface area contributed by atoms with Gasteiger partial charge < -0.3 is 4.90 Å². The lowest BCUT2D eigenvalue weighted by atomic mass is 10.2. The van der Waals surface area contributed by atoms with E-state index in [-0.39, 0.29) is 0 Å². The fourth-order valence-corrected chi connectivity index (χ4v) is 2.74. The van der Waals surface area contributed by atoms with Gasteiger partial charge in [-0.2, -0.15) is 0 Å². The molecule has 1 heterocycles. The van der Waals surface area contributed by atoms with Crippen LogP contribution in [0.15, 0.2) is 22.7 Å². The van der Waals surface area contributed by atoms with E-state index < -0.39 is 0 Å². The Balaban J connectivity index is 2.05. The van der Waals surface area contributed by atoms with E-state index >= 15 is 0 Å². The van der Waals surface area contributed by atoms with Gasteiger partial charge in [0, 0.05) is 22.7 Å². The highest BCUT2D eigenvalue weighted by molar-refractivity contribution is 9.10. The largest absolute Gasteiger partial charge is 0.368 e. The summed E-state index contributed by atoms with van der Waals surface area (Å²) in [6, 6.07) is 7.40. The second-order valence-corrected chi connectivity index (χ2v) is 4.77. The highest BCUT2D eigenvalue weighted by Crippen LogP contribution is 2.40. The molecule has 1 aliphatic heterocycles. The van der Waals surface area contributed by atoms with E-state index in [9.17, 15) is 0 Å². The molecule has 0 N–H and O–H groups in total. The van der Waals surface area contributed by atoms with Crippen LogP contribution in [0.25, 0.3) is 0 Å². The Bertz CT molecular complexity index is 344. The smallest absolute Gasteiger partial charge is 0.0413 e.